The zero-order valence-corrected chi connectivity index (χ0v) is 19.8. The predicted octanol–water partition coefficient (Wildman–Crippen LogP) is 5.75. The predicted molar refractivity (Wildman–Crippen MR) is 117 cm³/mol. The number of Topliss-reactive ketones (excluding diaryl/α,β-unsaturated/α-hetero) is 1. The lowest BCUT2D eigenvalue weighted by atomic mass is 9.86. The van der Waals surface area contributed by atoms with Gasteiger partial charge >= 0.3 is 0 Å². The molecule has 1 aliphatic rings. The molecule has 1 atom stereocenters. The fourth-order valence-corrected chi connectivity index (χ4v) is 3.86. The molecule has 1 aliphatic carbocycles. The van der Waals surface area contributed by atoms with Crippen LogP contribution in [0.4, 0.5) is 0 Å². The van der Waals surface area contributed by atoms with Gasteiger partial charge in [-0.15, -0.1) is 0 Å². The van der Waals surface area contributed by atoms with E-state index in [1.165, 1.54) is 0 Å². The fraction of sp³-hybridized carbons (Fsp3) is 0.522. The van der Waals surface area contributed by atoms with Crippen molar-refractivity contribution in [2.24, 2.45) is 0 Å². The van der Waals surface area contributed by atoms with Crippen molar-refractivity contribution in [1.82, 2.24) is 0 Å². The first-order valence-electron chi connectivity index (χ1n) is 9.88. The summed E-state index contributed by atoms with van der Waals surface area (Å²) in [7, 11) is 4.75. The summed E-state index contributed by atoms with van der Waals surface area (Å²) in [4.78, 5) is 13.6. The second-order valence-corrected chi connectivity index (χ2v) is 8.00. The lowest BCUT2D eigenvalue weighted by Gasteiger charge is -2.37. The number of rotatable bonds is 10. The summed E-state index contributed by atoms with van der Waals surface area (Å²) in [6.07, 6.45) is 5.19. The average molecular weight is 467 g/mol. The highest BCUT2D eigenvalue weighted by molar-refractivity contribution is 9.10. The van der Waals surface area contributed by atoms with Crippen LogP contribution in [0.3, 0.4) is 0 Å². The van der Waals surface area contributed by atoms with E-state index in [1.54, 1.807) is 27.4 Å². The number of carbonyl (C=O) groups is 1. The van der Waals surface area contributed by atoms with E-state index in [0.29, 0.717) is 29.3 Å². The Morgan fingerprint density at radius 1 is 1.14 bits per heavy atom. The Morgan fingerprint density at radius 3 is 2.45 bits per heavy atom. The zero-order valence-electron chi connectivity index (χ0n) is 18.2. The van der Waals surface area contributed by atoms with Crippen molar-refractivity contribution in [2.75, 3.05) is 27.9 Å². The van der Waals surface area contributed by atoms with Crippen LogP contribution in [0.2, 0.25) is 0 Å². The van der Waals surface area contributed by atoms with Gasteiger partial charge in [-0.25, -0.2) is 0 Å². The van der Waals surface area contributed by atoms with E-state index >= 15 is 0 Å². The smallest absolute Gasteiger partial charge is 0.231 e. The molecule has 2 rings (SSSR count). The molecule has 1 unspecified atom stereocenters. The second-order valence-electron chi connectivity index (χ2n) is 7.14. The standard InChI is InChI=1S/C23H31BrO5/c1-7-8-9-12-29-23(28-6)14-17(15(2)13-20(23)27-5)22(25)21-16(3)18(24)10-11-19(21)26-4/h10-11,13H,7-9,12,14H2,1-6H3. The number of allylic oxidation sites excluding steroid dienone is 2. The Balaban J connectivity index is 2.46. The van der Waals surface area contributed by atoms with Crippen LogP contribution >= 0.6 is 15.9 Å². The molecule has 29 heavy (non-hydrogen) atoms. The summed E-state index contributed by atoms with van der Waals surface area (Å²) in [5.74, 6) is -0.0869. The van der Waals surface area contributed by atoms with Crippen LogP contribution in [0.1, 0.15) is 55.5 Å². The molecule has 0 fully saturated rings. The maximum atomic E-state index is 13.6. The van der Waals surface area contributed by atoms with Gasteiger partial charge in [0.05, 0.1) is 26.4 Å². The first-order valence-corrected chi connectivity index (χ1v) is 10.7. The van der Waals surface area contributed by atoms with Crippen LogP contribution in [0.25, 0.3) is 0 Å². The lowest BCUT2D eigenvalue weighted by Crippen LogP contribution is -2.41. The molecule has 160 valence electrons. The quantitative estimate of drug-likeness (QED) is 0.249. The maximum absolute atomic E-state index is 13.6. The summed E-state index contributed by atoms with van der Waals surface area (Å²) in [6.45, 7) is 6.48. The van der Waals surface area contributed by atoms with E-state index < -0.39 is 5.79 Å². The summed E-state index contributed by atoms with van der Waals surface area (Å²) in [5, 5.41) is 0. The van der Waals surface area contributed by atoms with Crippen LogP contribution in [-0.2, 0) is 14.2 Å². The molecule has 0 heterocycles. The van der Waals surface area contributed by atoms with E-state index in [9.17, 15) is 4.79 Å². The van der Waals surface area contributed by atoms with E-state index in [0.717, 1.165) is 34.9 Å². The molecule has 0 saturated heterocycles. The first-order chi connectivity index (χ1) is 13.8. The normalized spacial score (nSPS) is 19.2. The highest BCUT2D eigenvalue weighted by Gasteiger charge is 2.43. The molecule has 0 bridgehead atoms. The van der Waals surface area contributed by atoms with Gasteiger partial charge in [-0.3, -0.25) is 4.79 Å². The van der Waals surface area contributed by atoms with Crippen LogP contribution in [0.15, 0.2) is 39.6 Å². The zero-order chi connectivity index (χ0) is 21.6. The maximum Gasteiger partial charge on any atom is 0.231 e. The van der Waals surface area contributed by atoms with Crippen molar-refractivity contribution >= 4 is 21.7 Å². The van der Waals surface area contributed by atoms with Gasteiger partial charge in [0.25, 0.3) is 0 Å². The highest BCUT2D eigenvalue weighted by Crippen LogP contribution is 2.40. The van der Waals surface area contributed by atoms with Crippen molar-refractivity contribution in [2.45, 2.75) is 52.2 Å². The van der Waals surface area contributed by atoms with Crippen LogP contribution in [0.5, 0.6) is 5.75 Å². The monoisotopic (exact) mass is 466 g/mol. The van der Waals surface area contributed by atoms with Crippen molar-refractivity contribution in [3.8, 4) is 5.75 Å². The third kappa shape index (κ3) is 4.93. The second kappa shape index (κ2) is 10.4. The summed E-state index contributed by atoms with van der Waals surface area (Å²) < 4.78 is 23.9. The highest BCUT2D eigenvalue weighted by atomic mass is 79.9. The van der Waals surface area contributed by atoms with E-state index in [1.807, 2.05) is 26.0 Å². The van der Waals surface area contributed by atoms with Crippen molar-refractivity contribution in [1.29, 1.82) is 0 Å². The molecule has 1 aromatic rings. The van der Waals surface area contributed by atoms with Gasteiger partial charge < -0.3 is 18.9 Å². The molecule has 1 aromatic carbocycles. The van der Waals surface area contributed by atoms with Crippen LogP contribution in [-0.4, -0.2) is 39.5 Å². The Morgan fingerprint density at radius 2 is 1.86 bits per heavy atom. The van der Waals surface area contributed by atoms with Gasteiger partial charge in [0, 0.05) is 23.6 Å². The van der Waals surface area contributed by atoms with Crippen molar-refractivity contribution in [3.63, 3.8) is 0 Å². The molecule has 0 aliphatic heterocycles. The van der Waals surface area contributed by atoms with Gasteiger partial charge in [-0.05, 0) is 49.6 Å². The number of carbonyl (C=O) groups excluding carboxylic acids is 1. The molecule has 0 N–H and O–H groups in total. The molecular formula is C23H31BrO5. The molecule has 0 amide bonds. The van der Waals surface area contributed by atoms with Gasteiger partial charge in [0.2, 0.25) is 5.79 Å². The van der Waals surface area contributed by atoms with Crippen LogP contribution < -0.4 is 4.74 Å². The average Bonchev–Trinajstić information content (AvgIpc) is 2.73. The number of methoxy groups -OCH3 is 3. The Bertz CT molecular complexity index is 812. The topological polar surface area (TPSA) is 54.0 Å². The van der Waals surface area contributed by atoms with Gasteiger partial charge in [0.15, 0.2) is 11.5 Å². The first kappa shape index (κ1) is 23.6. The van der Waals surface area contributed by atoms with Crippen molar-refractivity contribution < 1.29 is 23.7 Å². The number of hydrogen-bond donors (Lipinski definition) is 0. The Hall–Kier alpha value is -1.63. The summed E-state index contributed by atoms with van der Waals surface area (Å²) in [6, 6.07) is 3.68. The van der Waals surface area contributed by atoms with E-state index in [4.69, 9.17) is 18.9 Å². The number of benzene rings is 1. The Labute approximate surface area is 182 Å². The minimum Gasteiger partial charge on any atom is -0.496 e. The van der Waals surface area contributed by atoms with Gasteiger partial charge in [0.1, 0.15) is 5.75 Å². The molecular weight excluding hydrogens is 436 g/mol. The number of hydrogen-bond acceptors (Lipinski definition) is 5. The number of ketones is 1. The van der Waals surface area contributed by atoms with Gasteiger partial charge in [-0.1, -0.05) is 35.7 Å². The largest absolute Gasteiger partial charge is 0.496 e. The minimum absolute atomic E-state index is 0.0943. The molecule has 6 heteroatoms. The van der Waals surface area contributed by atoms with Crippen molar-refractivity contribution in [3.05, 3.63) is 50.7 Å². The van der Waals surface area contributed by atoms with E-state index in [2.05, 4.69) is 22.9 Å². The third-order valence-electron chi connectivity index (χ3n) is 5.32. The van der Waals surface area contributed by atoms with Crippen LogP contribution in [0, 0.1) is 6.92 Å². The molecule has 0 spiro atoms. The summed E-state index contributed by atoms with van der Waals surface area (Å²) in [5.41, 5.74) is 2.84. The number of ether oxygens (including phenoxy) is 4. The fourth-order valence-electron chi connectivity index (χ4n) is 3.53. The molecule has 0 saturated carbocycles. The number of halogens is 1. The molecule has 0 aromatic heterocycles. The van der Waals surface area contributed by atoms with Gasteiger partial charge in [-0.2, -0.15) is 0 Å². The molecule has 5 nitrogen and oxygen atoms in total. The Kier molecular flexibility index (Phi) is 8.49. The lowest BCUT2D eigenvalue weighted by molar-refractivity contribution is -0.216. The molecule has 0 radical (unpaired) electrons. The van der Waals surface area contributed by atoms with E-state index in [-0.39, 0.29) is 12.2 Å². The SMILES string of the molecule is CCCCCOC1(OC)CC(C(=O)c2c(OC)ccc(Br)c2C)=C(C)C=C1OC. The summed E-state index contributed by atoms with van der Waals surface area (Å²) >= 11 is 3.52. The third-order valence-corrected chi connectivity index (χ3v) is 6.18. The minimum atomic E-state index is -1.11. The number of unbranched alkanes of at least 4 members (excludes halogenated alkanes) is 2.